The average molecular weight is 1270 g/mol. The number of alkyl carbamates (subject to hydrolysis) is 1. The lowest BCUT2D eigenvalue weighted by molar-refractivity contribution is -0.144. The van der Waals surface area contributed by atoms with Gasteiger partial charge in [0.05, 0.1) is 130 Å². The molecular formula is C66H99N5O19. The third-order valence-electron chi connectivity index (χ3n) is 13.1. The Morgan fingerprint density at radius 2 is 1.01 bits per heavy atom. The number of nitrogens with zero attached hydrogens (tertiary/aromatic N) is 1. The third kappa shape index (κ3) is 32.3. The molecule has 4 amide bonds. The number of guanidine groups is 1. The van der Waals surface area contributed by atoms with Gasteiger partial charge in [-0.25, -0.2) is 14.5 Å². The minimum Gasteiger partial charge on any atom is -0.481 e. The second-order valence-electron chi connectivity index (χ2n) is 23.5. The fourth-order valence-corrected chi connectivity index (χ4v) is 8.91. The summed E-state index contributed by atoms with van der Waals surface area (Å²) >= 11 is 0. The predicted molar refractivity (Wildman–Crippen MR) is 335 cm³/mol. The second-order valence-corrected chi connectivity index (χ2v) is 23.5. The number of hydrogen-bond acceptors (Lipinski definition) is 19. The maximum Gasteiger partial charge on any atom is 0.417 e. The number of carboxylic acids is 1. The van der Waals surface area contributed by atoms with E-state index in [1.54, 1.807) is 48.7 Å². The standard InChI is InChI=1S/C66H99N5O19/c1-49(2)44-56(69-58(74)27-29-81-32-33-83-36-37-85-40-41-87-43-42-86-39-38-84-35-34-82-31-30-80-9)57(73)46-51(48-88-66(52-21-13-10-14-22-52,53-23-15-11-16-24-53)54-25-17-12-18-26-54)59(75)68-47-55(72)45-50(60(76)77)20-19-28-71(63(79)90-65(6,7)8)61(67)70-62(78)89-64(3,4)5/h10-18,21-26,49-51,56H,19-20,27-48H2,1-9H3,(H,68,75)(H,69,74)(H,76,77)(H2,67,70,78)/t50-,51+,56+/m1/s1. The maximum atomic E-state index is 14.6. The number of amides is 4. The van der Waals surface area contributed by atoms with Crippen molar-refractivity contribution in [2.75, 3.05) is 126 Å². The summed E-state index contributed by atoms with van der Waals surface area (Å²) in [5.41, 5.74) is -1.02. The lowest BCUT2D eigenvalue weighted by Crippen LogP contribution is -2.49. The molecule has 0 aliphatic heterocycles. The molecule has 5 N–H and O–H groups in total. The average Bonchev–Trinajstić information content (AvgIpc) is 0.776. The highest BCUT2D eigenvalue weighted by Crippen LogP contribution is 2.41. The third-order valence-corrected chi connectivity index (χ3v) is 13.1. The van der Waals surface area contributed by atoms with Gasteiger partial charge in [0.25, 0.3) is 0 Å². The van der Waals surface area contributed by atoms with Crippen LogP contribution >= 0.6 is 0 Å². The molecule has 0 radical (unpaired) electrons. The smallest absolute Gasteiger partial charge is 0.417 e. The Balaban J connectivity index is 1.66. The Hall–Kier alpha value is -6.74. The summed E-state index contributed by atoms with van der Waals surface area (Å²) in [4.78, 5) is 95.5. The number of nitrogens with one attached hydrogen (secondary N) is 4. The summed E-state index contributed by atoms with van der Waals surface area (Å²) in [6.07, 6.45) is -2.93. The van der Waals surface area contributed by atoms with E-state index in [2.05, 4.69) is 16.0 Å². The molecule has 0 spiro atoms. The molecule has 90 heavy (non-hydrogen) atoms. The number of carbonyl (C=O) groups is 7. The Kier molecular flexibility index (Phi) is 37.1. The molecule has 502 valence electrons. The van der Waals surface area contributed by atoms with Crippen LogP contribution in [0.3, 0.4) is 0 Å². The van der Waals surface area contributed by atoms with Crippen molar-refractivity contribution >= 4 is 47.5 Å². The van der Waals surface area contributed by atoms with E-state index in [1.165, 1.54) is 0 Å². The van der Waals surface area contributed by atoms with Gasteiger partial charge < -0.3 is 67.8 Å². The molecule has 3 aromatic rings. The first-order chi connectivity index (χ1) is 42.9. The van der Waals surface area contributed by atoms with Crippen molar-refractivity contribution in [1.82, 2.24) is 20.9 Å². The van der Waals surface area contributed by atoms with E-state index >= 15 is 0 Å². The van der Waals surface area contributed by atoms with Crippen molar-refractivity contribution in [3.05, 3.63) is 108 Å². The van der Waals surface area contributed by atoms with Gasteiger partial charge in [-0.1, -0.05) is 105 Å². The van der Waals surface area contributed by atoms with Crippen LogP contribution < -0.4 is 16.0 Å². The summed E-state index contributed by atoms with van der Waals surface area (Å²) in [7, 11) is 1.62. The predicted octanol–water partition coefficient (Wildman–Crippen LogP) is 7.51. The Bertz CT molecular complexity index is 2470. The first-order valence-corrected chi connectivity index (χ1v) is 30.7. The number of ether oxygens (including phenoxy) is 11. The van der Waals surface area contributed by atoms with Crippen LogP contribution in [0, 0.1) is 23.2 Å². The van der Waals surface area contributed by atoms with E-state index in [1.807, 2.05) is 105 Å². The van der Waals surface area contributed by atoms with E-state index in [9.17, 15) is 38.7 Å². The molecule has 0 heterocycles. The maximum absolute atomic E-state index is 14.6. The Morgan fingerprint density at radius 3 is 1.42 bits per heavy atom. The van der Waals surface area contributed by atoms with Crippen molar-refractivity contribution < 1.29 is 90.8 Å². The molecular weight excluding hydrogens is 1170 g/mol. The molecule has 0 bridgehead atoms. The zero-order valence-corrected chi connectivity index (χ0v) is 54.2. The van der Waals surface area contributed by atoms with Gasteiger partial charge in [0.1, 0.15) is 16.8 Å². The van der Waals surface area contributed by atoms with E-state index in [-0.39, 0.29) is 64.6 Å². The lowest BCUT2D eigenvalue weighted by Gasteiger charge is -2.37. The van der Waals surface area contributed by atoms with Crippen LogP contribution in [-0.2, 0) is 81.7 Å². The van der Waals surface area contributed by atoms with Crippen LogP contribution in [0.15, 0.2) is 91.0 Å². The summed E-state index contributed by atoms with van der Waals surface area (Å²) in [6.45, 7) is 18.1. The molecule has 0 saturated carbocycles. The summed E-state index contributed by atoms with van der Waals surface area (Å²) in [5.74, 6) is -6.84. The number of benzene rings is 3. The molecule has 0 fully saturated rings. The van der Waals surface area contributed by atoms with Crippen LogP contribution in [0.2, 0.25) is 0 Å². The van der Waals surface area contributed by atoms with Gasteiger partial charge in [0.15, 0.2) is 11.6 Å². The highest BCUT2D eigenvalue weighted by Gasteiger charge is 2.40. The van der Waals surface area contributed by atoms with Crippen molar-refractivity contribution in [2.45, 2.75) is 117 Å². The van der Waals surface area contributed by atoms with Gasteiger partial charge in [-0.3, -0.25) is 34.7 Å². The van der Waals surface area contributed by atoms with Crippen molar-refractivity contribution in [3.63, 3.8) is 0 Å². The van der Waals surface area contributed by atoms with Crippen LogP contribution in [0.25, 0.3) is 0 Å². The molecule has 0 unspecified atom stereocenters. The van der Waals surface area contributed by atoms with Gasteiger partial charge in [-0.2, -0.15) is 0 Å². The number of Topliss-reactive ketones (excluding diaryl/α,β-unsaturated/α-hetero) is 2. The van der Waals surface area contributed by atoms with E-state index < -0.39 is 102 Å². The first-order valence-electron chi connectivity index (χ1n) is 30.7. The molecule has 0 aliphatic rings. The fraction of sp³-hybridized carbons (Fsp3) is 0.606. The van der Waals surface area contributed by atoms with Gasteiger partial charge in [0, 0.05) is 32.9 Å². The van der Waals surface area contributed by atoms with Crippen molar-refractivity contribution in [3.8, 4) is 0 Å². The zero-order chi connectivity index (χ0) is 66.2. The zero-order valence-electron chi connectivity index (χ0n) is 54.2. The summed E-state index contributed by atoms with van der Waals surface area (Å²) < 4.78 is 61.2. The summed E-state index contributed by atoms with van der Waals surface area (Å²) in [5, 5.41) is 26.5. The van der Waals surface area contributed by atoms with E-state index in [0.717, 1.165) is 21.6 Å². The number of aliphatic carboxylic acids is 1. The topological polar surface area (TPSA) is 304 Å². The molecule has 3 aromatic carbocycles. The van der Waals surface area contributed by atoms with Crippen LogP contribution in [0.1, 0.15) is 111 Å². The highest BCUT2D eigenvalue weighted by molar-refractivity contribution is 6.00. The van der Waals surface area contributed by atoms with Crippen LogP contribution in [-0.4, -0.2) is 201 Å². The molecule has 24 heteroatoms. The molecule has 3 atom stereocenters. The quantitative estimate of drug-likeness (QED) is 0.0158. The molecule has 0 aromatic heterocycles. The van der Waals surface area contributed by atoms with Gasteiger partial charge >= 0.3 is 18.2 Å². The number of methoxy groups -OCH3 is 1. The van der Waals surface area contributed by atoms with E-state index in [4.69, 9.17) is 57.5 Å². The lowest BCUT2D eigenvalue weighted by atomic mass is 9.80. The molecule has 0 saturated heterocycles. The molecule has 24 nitrogen and oxygen atoms in total. The minimum atomic E-state index is -1.32. The minimum absolute atomic E-state index is 0.0444. The fourth-order valence-electron chi connectivity index (χ4n) is 8.91. The summed E-state index contributed by atoms with van der Waals surface area (Å²) in [6, 6.07) is 27.2. The largest absolute Gasteiger partial charge is 0.481 e. The number of hydrogen-bond donors (Lipinski definition) is 5. The van der Waals surface area contributed by atoms with Gasteiger partial charge in [-0.05, 0) is 83.4 Å². The normalized spacial score (nSPS) is 12.8. The van der Waals surface area contributed by atoms with Gasteiger partial charge in [-0.15, -0.1) is 0 Å². The number of carbonyl (C=O) groups excluding carboxylic acids is 6. The van der Waals surface area contributed by atoms with E-state index in [0.29, 0.717) is 79.3 Å². The first kappa shape index (κ1) is 77.5. The van der Waals surface area contributed by atoms with Crippen molar-refractivity contribution in [1.29, 1.82) is 5.41 Å². The Morgan fingerprint density at radius 1 is 0.578 bits per heavy atom. The molecule has 0 aliphatic carbocycles. The monoisotopic (exact) mass is 1270 g/mol. The SMILES string of the molecule is COCCOCCOCCOCCOCCOCCOCCOCCC(=O)N[C@@H](CC(C)C)C(=O)C[C@@H](COC(c1ccccc1)(c1ccccc1)c1ccccc1)C(=O)NCC(=O)C[C@@H](CCCN(C(=N)NC(=O)OC(C)(C)C)C(=O)OC(C)(C)C)C(=O)O. The molecule has 3 rings (SSSR count). The number of rotatable bonds is 46. The van der Waals surface area contributed by atoms with Gasteiger partial charge in [0.2, 0.25) is 17.8 Å². The Labute approximate surface area is 530 Å². The second kappa shape index (κ2) is 43.1. The van der Waals surface area contributed by atoms with Crippen LogP contribution in [0.5, 0.6) is 0 Å². The number of carboxylic acid groups (broad SMARTS) is 1. The highest BCUT2D eigenvalue weighted by atomic mass is 16.6. The van der Waals surface area contributed by atoms with Crippen LogP contribution in [0.4, 0.5) is 9.59 Å². The van der Waals surface area contributed by atoms with Crippen molar-refractivity contribution in [2.24, 2.45) is 17.8 Å². The number of ketones is 2.